The molecule has 0 unspecified atom stereocenters. The minimum atomic E-state index is -3.80. The third-order valence-electron chi connectivity index (χ3n) is 4.48. The Kier molecular flexibility index (Phi) is 5.70. The lowest BCUT2D eigenvalue weighted by molar-refractivity contribution is -0.140. The van der Waals surface area contributed by atoms with E-state index in [0.29, 0.717) is 19.5 Å². The Morgan fingerprint density at radius 2 is 1.73 bits per heavy atom. The van der Waals surface area contributed by atoms with Crippen LogP contribution in [0.25, 0.3) is 0 Å². The third kappa shape index (κ3) is 4.12. The van der Waals surface area contributed by atoms with Gasteiger partial charge in [-0.25, -0.2) is 0 Å². The minimum absolute atomic E-state index is 0.121. The lowest BCUT2D eigenvalue weighted by atomic mass is 10.0. The molecule has 7 heteroatoms. The zero-order valence-corrected chi connectivity index (χ0v) is 15.5. The number of hydrogen-bond donors (Lipinski definition) is 0. The van der Waals surface area contributed by atoms with Gasteiger partial charge in [0.2, 0.25) is 0 Å². The van der Waals surface area contributed by atoms with Gasteiger partial charge in [-0.05, 0) is 23.1 Å². The number of nitrogens with zero attached hydrogens (tertiary/aromatic N) is 2. The number of methoxy groups -OCH3 is 1. The molecule has 0 atom stereocenters. The van der Waals surface area contributed by atoms with Crippen molar-refractivity contribution in [1.29, 1.82) is 0 Å². The van der Waals surface area contributed by atoms with E-state index in [0.717, 1.165) is 11.1 Å². The van der Waals surface area contributed by atoms with Gasteiger partial charge in [-0.1, -0.05) is 54.6 Å². The lowest BCUT2D eigenvalue weighted by Gasteiger charge is -2.32. The molecule has 0 bridgehead atoms. The van der Waals surface area contributed by atoms with Gasteiger partial charge in [0.1, 0.15) is 6.54 Å². The second kappa shape index (κ2) is 7.99. The first-order valence-electron chi connectivity index (χ1n) is 8.43. The summed E-state index contributed by atoms with van der Waals surface area (Å²) in [6, 6.07) is 17.1. The van der Waals surface area contributed by atoms with Crippen LogP contribution in [0, 0.1) is 0 Å². The normalized spacial score (nSPS) is 14.8. The summed E-state index contributed by atoms with van der Waals surface area (Å²) in [5.41, 5.74) is 2.99. The molecule has 0 fully saturated rings. The van der Waals surface area contributed by atoms with Crippen molar-refractivity contribution in [2.24, 2.45) is 0 Å². The number of hydrogen-bond acceptors (Lipinski definition) is 4. The van der Waals surface area contributed by atoms with Crippen LogP contribution in [-0.4, -0.2) is 43.2 Å². The van der Waals surface area contributed by atoms with Crippen molar-refractivity contribution in [1.82, 2.24) is 8.61 Å². The van der Waals surface area contributed by atoms with Crippen molar-refractivity contribution in [3.63, 3.8) is 0 Å². The van der Waals surface area contributed by atoms with Crippen molar-refractivity contribution in [2.45, 2.75) is 19.5 Å². The largest absolute Gasteiger partial charge is 0.468 e. The molecule has 1 aliphatic rings. The van der Waals surface area contributed by atoms with Gasteiger partial charge in [0, 0.05) is 19.6 Å². The van der Waals surface area contributed by atoms with Crippen LogP contribution in [0.15, 0.2) is 54.6 Å². The molecule has 26 heavy (non-hydrogen) atoms. The maximum Gasteiger partial charge on any atom is 0.321 e. The molecule has 0 aromatic heterocycles. The molecule has 1 heterocycles. The Morgan fingerprint density at radius 3 is 2.42 bits per heavy atom. The highest BCUT2D eigenvalue weighted by molar-refractivity contribution is 7.86. The Morgan fingerprint density at radius 1 is 1.08 bits per heavy atom. The van der Waals surface area contributed by atoms with Crippen LogP contribution in [0.5, 0.6) is 0 Å². The number of carbonyl (C=O) groups is 1. The molecule has 138 valence electrons. The molecule has 0 saturated carbocycles. The van der Waals surface area contributed by atoms with Crippen LogP contribution in [0.3, 0.4) is 0 Å². The summed E-state index contributed by atoms with van der Waals surface area (Å²) in [5, 5.41) is 0. The minimum Gasteiger partial charge on any atom is -0.468 e. The van der Waals surface area contributed by atoms with Crippen molar-refractivity contribution >= 4 is 16.2 Å². The summed E-state index contributed by atoms with van der Waals surface area (Å²) in [6.07, 6.45) is 0.660. The predicted octanol–water partition coefficient (Wildman–Crippen LogP) is 1.96. The average molecular weight is 374 g/mol. The number of carbonyl (C=O) groups excluding carboxylic acids is 1. The predicted molar refractivity (Wildman–Crippen MR) is 98.3 cm³/mol. The molecule has 1 aliphatic heterocycles. The Hall–Kier alpha value is -2.22. The topological polar surface area (TPSA) is 66.9 Å². The second-order valence-corrected chi connectivity index (χ2v) is 8.12. The summed E-state index contributed by atoms with van der Waals surface area (Å²) >= 11 is 0. The molecule has 6 nitrogen and oxygen atoms in total. The smallest absolute Gasteiger partial charge is 0.321 e. The van der Waals surface area contributed by atoms with Crippen molar-refractivity contribution in [2.75, 3.05) is 20.2 Å². The fourth-order valence-electron chi connectivity index (χ4n) is 3.04. The summed E-state index contributed by atoms with van der Waals surface area (Å²) in [6.45, 7) is 0.513. The van der Waals surface area contributed by atoms with E-state index in [1.54, 1.807) is 0 Å². The number of benzene rings is 2. The quantitative estimate of drug-likeness (QED) is 0.725. The summed E-state index contributed by atoms with van der Waals surface area (Å²) in [5.74, 6) is -0.582. The number of fused-ring (bicyclic) bond motifs is 1. The van der Waals surface area contributed by atoms with Crippen LogP contribution in [0.4, 0.5) is 0 Å². The van der Waals surface area contributed by atoms with Gasteiger partial charge in [-0.2, -0.15) is 17.0 Å². The van der Waals surface area contributed by atoms with Crippen molar-refractivity contribution < 1.29 is 17.9 Å². The Labute approximate surface area is 154 Å². The van der Waals surface area contributed by atoms with E-state index < -0.39 is 16.2 Å². The van der Waals surface area contributed by atoms with E-state index >= 15 is 0 Å². The fourth-order valence-corrected chi connectivity index (χ4v) is 4.58. The van der Waals surface area contributed by atoms with Crippen molar-refractivity contribution in [3.05, 3.63) is 71.3 Å². The standard InChI is InChI=1S/C19H22N2O4S/c1-25-19(22)15-21(13-16-7-3-2-4-8-16)26(23,24)20-12-11-17-9-5-6-10-18(17)14-20/h2-10H,11-15H2,1H3. The highest BCUT2D eigenvalue weighted by Crippen LogP contribution is 2.23. The van der Waals surface area contributed by atoms with Gasteiger partial charge in [0.15, 0.2) is 0 Å². The van der Waals surface area contributed by atoms with E-state index in [2.05, 4.69) is 0 Å². The average Bonchev–Trinajstić information content (AvgIpc) is 2.67. The third-order valence-corrected chi connectivity index (χ3v) is 6.36. The van der Waals surface area contributed by atoms with Crippen LogP contribution in [0.1, 0.15) is 16.7 Å². The monoisotopic (exact) mass is 374 g/mol. The van der Waals surface area contributed by atoms with Gasteiger partial charge in [0.25, 0.3) is 10.2 Å². The fraction of sp³-hybridized carbons (Fsp3) is 0.316. The van der Waals surface area contributed by atoms with Crippen LogP contribution in [-0.2, 0) is 39.3 Å². The SMILES string of the molecule is COC(=O)CN(Cc1ccccc1)S(=O)(=O)N1CCc2ccccc2C1. The molecular weight excluding hydrogens is 352 g/mol. The lowest BCUT2D eigenvalue weighted by Crippen LogP contribution is -2.47. The highest BCUT2D eigenvalue weighted by Gasteiger charge is 2.33. The van der Waals surface area contributed by atoms with Crippen molar-refractivity contribution in [3.8, 4) is 0 Å². The first-order chi connectivity index (χ1) is 12.5. The van der Waals surface area contributed by atoms with Gasteiger partial charge in [-0.15, -0.1) is 0 Å². The summed E-state index contributed by atoms with van der Waals surface area (Å²) in [7, 11) is -2.55. The second-order valence-electron chi connectivity index (χ2n) is 6.19. The first kappa shape index (κ1) is 18.6. The van der Waals surface area contributed by atoms with Crippen LogP contribution in [0.2, 0.25) is 0 Å². The molecule has 0 spiro atoms. The summed E-state index contributed by atoms with van der Waals surface area (Å²) in [4.78, 5) is 11.8. The van der Waals surface area contributed by atoms with Gasteiger partial charge < -0.3 is 4.74 Å². The number of esters is 1. The zero-order valence-electron chi connectivity index (χ0n) is 14.7. The molecular formula is C19H22N2O4S. The van der Waals surface area contributed by atoms with E-state index in [4.69, 9.17) is 4.74 Å². The van der Waals surface area contributed by atoms with E-state index in [-0.39, 0.29) is 13.1 Å². The molecule has 2 aromatic rings. The molecule has 0 amide bonds. The molecule has 3 rings (SSSR count). The Balaban J connectivity index is 1.85. The zero-order chi connectivity index (χ0) is 18.6. The van der Waals surface area contributed by atoms with Gasteiger partial charge >= 0.3 is 5.97 Å². The number of ether oxygens (including phenoxy) is 1. The first-order valence-corrected chi connectivity index (χ1v) is 9.83. The van der Waals surface area contributed by atoms with E-state index in [1.165, 1.54) is 21.3 Å². The Bertz CT molecular complexity index is 868. The molecule has 0 saturated heterocycles. The highest BCUT2D eigenvalue weighted by atomic mass is 32.2. The molecule has 0 radical (unpaired) electrons. The van der Waals surface area contributed by atoms with Crippen LogP contribution >= 0.6 is 0 Å². The van der Waals surface area contributed by atoms with Gasteiger partial charge in [-0.3, -0.25) is 4.79 Å². The van der Waals surface area contributed by atoms with E-state index in [9.17, 15) is 13.2 Å². The number of rotatable bonds is 6. The molecule has 0 N–H and O–H groups in total. The summed E-state index contributed by atoms with van der Waals surface area (Å²) < 4.78 is 33.7. The van der Waals surface area contributed by atoms with E-state index in [1.807, 2.05) is 54.6 Å². The maximum atomic E-state index is 13.2. The molecule has 0 aliphatic carbocycles. The van der Waals surface area contributed by atoms with Crippen LogP contribution < -0.4 is 0 Å². The maximum absolute atomic E-state index is 13.2. The van der Waals surface area contributed by atoms with Gasteiger partial charge in [0.05, 0.1) is 7.11 Å². The molecule has 2 aromatic carbocycles.